The molecule has 0 aromatic heterocycles. The molecule has 0 saturated carbocycles. The maximum Gasteiger partial charge on any atom is 0.0143 e. The second kappa shape index (κ2) is 3.26. The molecule has 0 aliphatic carbocycles. The molecule has 0 aliphatic heterocycles. The van der Waals surface area contributed by atoms with Crippen molar-refractivity contribution in [2.45, 2.75) is 34.1 Å². The van der Waals surface area contributed by atoms with Crippen LogP contribution in [0.4, 0.5) is 0 Å². The molecule has 54 valence electrons. The van der Waals surface area contributed by atoms with Crippen LogP contribution in [0.25, 0.3) is 0 Å². The zero-order valence-electron chi connectivity index (χ0n) is 6.66. The predicted octanol–water partition coefficient (Wildman–Crippen LogP) is 3.57. The zero-order chi connectivity index (χ0) is 7.49. The van der Waals surface area contributed by atoms with Crippen LogP contribution in [0.2, 0.25) is 0 Å². The molecule has 0 aromatic rings. The van der Waals surface area contributed by atoms with Crippen molar-refractivity contribution in [1.29, 1.82) is 0 Å². The summed E-state index contributed by atoms with van der Waals surface area (Å²) < 4.78 is 0. The molecule has 0 N–H and O–H groups in total. The van der Waals surface area contributed by atoms with E-state index in [4.69, 9.17) is 11.6 Å². The molecule has 0 heterocycles. The summed E-state index contributed by atoms with van der Waals surface area (Å²) in [7, 11) is 0. The average molecular weight is 147 g/mol. The van der Waals surface area contributed by atoms with E-state index in [9.17, 15) is 0 Å². The lowest BCUT2D eigenvalue weighted by molar-refractivity contribution is 0.541. The molecule has 0 saturated heterocycles. The second-order valence-electron chi connectivity index (χ2n) is 3.31. The van der Waals surface area contributed by atoms with E-state index < -0.39 is 0 Å². The monoisotopic (exact) mass is 146 g/mol. The van der Waals surface area contributed by atoms with Gasteiger partial charge in [-0.25, -0.2) is 0 Å². The summed E-state index contributed by atoms with van der Waals surface area (Å²) in [5.41, 5.74) is 0.229. The molecule has 1 heteroatoms. The minimum Gasteiger partial charge on any atom is -0.0895 e. The van der Waals surface area contributed by atoms with E-state index in [1.165, 1.54) is 0 Å². The Bertz CT molecular complexity index is 106. The Morgan fingerprint density at radius 3 is 2.00 bits per heavy atom. The summed E-state index contributed by atoms with van der Waals surface area (Å²) in [6, 6.07) is 0. The molecule has 0 aromatic carbocycles. The van der Waals surface area contributed by atoms with Crippen molar-refractivity contribution >= 4 is 11.6 Å². The smallest absolute Gasteiger partial charge is 0.0143 e. The van der Waals surface area contributed by atoms with Gasteiger partial charge in [0.25, 0.3) is 0 Å². The van der Waals surface area contributed by atoms with Gasteiger partial charge in [0.15, 0.2) is 0 Å². The van der Waals surface area contributed by atoms with Crippen LogP contribution in [0.15, 0.2) is 11.1 Å². The van der Waals surface area contributed by atoms with Gasteiger partial charge in [0.1, 0.15) is 0 Å². The fourth-order valence-electron chi connectivity index (χ4n) is 0.572. The molecule has 9 heavy (non-hydrogen) atoms. The first-order chi connectivity index (χ1) is 3.95. The fourth-order valence-corrected chi connectivity index (χ4v) is 0.899. The zero-order valence-corrected chi connectivity index (χ0v) is 7.42. The lowest BCUT2D eigenvalue weighted by atomic mass is 9.96. The molecular formula is C8H15Cl. The molecule has 0 rings (SSSR count). The van der Waals surface area contributed by atoms with Crippen LogP contribution >= 0.6 is 11.6 Å². The Kier molecular flexibility index (Phi) is 3.27. The van der Waals surface area contributed by atoms with Crippen molar-refractivity contribution in [3.63, 3.8) is 0 Å². The Morgan fingerprint density at radius 1 is 1.44 bits per heavy atom. The van der Waals surface area contributed by atoms with Gasteiger partial charge in [-0.1, -0.05) is 45.4 Å². The third-order valence-corrected chi connectivity index (χ3v) is 1.30. The van der Waals surface area contributed by atoms with E-state index in [2.05, 4.69) is 33.8 Å². The van der Waals surface area contributed by atoms with Gasteiger partial charge in [0, 0.05) is 5.03 Å². The Morgan fingerprint density at radius 2 is 1.89 bits per heavy atom. The van der Waals surface area contributed by atoms with Crippen LogP contribution < -0.4 is 0 Å². The quantitative estimate of drug-likeness (QED) is 0.531. The highest BCUT2D eigenvalue weighted by Gasteiger charge is 2.05. The van der Waals surface area contributed by atoms with E-state index in [-0.39, 0.29) is 5.41 Å². The molecular weight excluding hydrogens is 132 g/mol. The molecule has 0 radical (unpaired) electrons. The lowest BCUT2D eigenvalue weighted by Gasteiger charge is -2.11. The van der Waals surface area contributed by atoms with Gasteiger partial charge in [-0.15, -0.1) is 0 Å². The van der Waals surface area contributed by atoms with Crippen molar-refractivity contribution in [3.05, 3.63) is 11.1 Å². The van der Waals surface area contributed by atoms with Crippen molar-refractivity contribution in [1.82, 2.24) is 0 Å². The lowest BCUT2D eigenvalue weighted by Crippen LogP contribution is -1.99. The second-order valence-corrected chi connectivity index (χ2v) is 3.80. The summed E-state index contributed by atoms with van der Waals surface area (Å²) in [5.74, 6) is 0. The summed E-state index contributed by atoms with van der Waals surface area (Å²) in [6.07, 6.45) is 3.04. The van der Waals surface area contributed by atoms with E-state index >= 15 is 0 Å². The van der Waals surface area contributed by atoms with Gasteiger partial charge in [-0.05, 0) is 11.8 Å². The minimum atomic E-state index is 0.229. The van der Waals surface area contributed by atoms with Crippen LogP contribution in [0.5, 0.6) is 0 Å². The van der Waals surface area contributed by atoms with Crippen LogP contribution in [0.1, 0.15) is 34.1 Å². The first kappa shape index (κ1) is 9.03. The predicted molar refractivity (Wildman–Crippen MR) is 43.7 cm³/mol. The molecule has 0 amide bonds. The van der Waals surface area contributed by atoms with E-state index in [0.717, 1.165) is 11.5 Å². The van der Waals surface area contributed by atoms with Gasteiger partial charge in [-0.2, -0.15) is 0 Å². The van der Waals surface area contributed by atoms with Crippen molar-refractivity contribution in [3.8, 4) is 0 Å². The first-order valence-electron chi connectivity index (χ1n) is 3.33. The summed E-state index contributed by atoms with van der Waals surface area (Å²) in [5, 5.41) is 0.961. The Hall–Kier alpha value is 0.0300. The van der Waals surface area contributed by atoms with Crippen LogP contribution in [0.3, 0.4) is 0 Å². The topological polar surface area (TPSA) is 0 Å². The highest BCUT2D eigenvalue weighted by molar-refractivity contribution is 6.29. The van der Waals surface area contributed by atoms with E-state index in [1.807, 2.05) is 0 Å². The standard InChI is InChI=1S/C8H15Cl/c1-5-7(9)6-8(2,3)4/h6H,5H2,1-4H3/b7-6+. The summed E-state index contributed by atoms with van der Waals surface area (Å²) in [6.45, 7) is 8.49. The fraction of sp³-hybridized carbons (Fsp3) is 0.750. The normalized spacial score (nSPS) is 14.1. The van der Waals surface area contributed by atoms with Crippen molar-refractivity contribution in [2.75, 3.05) is 0 Å². The maximum atomic E-state index is 5.81. The number of halogens is 1. The molecule has 0 bridgehead atoms. The molecule has 0 unspecified atom stereocenters. The molecule has 0 aliphatic rings. The number of hydrogen-bond donors (Lipinski definition) is 0. The summed E-state index contributed by atoms with van der Waals surface area (Å²) in [4.78, 5) is 0. The van der Waals surface area contributed by atoms with Gasteiger partial charge in [0.2, 0.25) is 0 Å². The minimum absolute atomic E-state index is 0.229. The van der Waals surface area contributed by atoms with Gasteiger partial charge in [0.05, 0.1) is 0 Å². The molecule has 0 spiro atoms. The van der Waals surface area contributed by atoms with Crippen molar-refractivity contribution < 1.29 is 0 Å². The van der Waals surface area contributed by atoms with Gasteiger partial charge >= 0.3 is 0 Å². The molecule has 0 fully saturated rings. The van der Waals surface area contributed by atoms with Crippen LogP contribution in [-0.2, 0) is 0 Å². The van der Waals surface area contributed by atoms with Crippen molar-refractivity contribution in [2.24, 2.45) is 5.41 Å². The van der Waals surface area contributed by atoms with Crippen LogP contribution in [0, 0.1) is 5.41 Å². The average Bonchev–Trinajstić information content (AvgIpc) is 1.62. The first-order valence-corrected chi connectivity index (χ1v) is 3.70. The highest BCUT2D eigenvalue weighted by atomic mass is 35.5. The van der Waals surface area contributed by atoms with E-state index in [0.29, 0.717) is 0 Å². The third-order valence-electron chi connectivity index (χ3n) is 0.927. The Balaban J connectivity index is 3.95. The number of hydrogen-bond acceptors (Lipinski definition) is 0. The van der Waals surface area contributed by atoms with Gasteiger partial charge < -0.3 is 0 Å². The SMILES string of the molecule is CC/C(Cl)=C\C(C)(C)C. The number of rotatable bonds is 1. The summed E-state index contributed by atoms with van der Waals surface area (Å²) >= 11 is 5.81. The molecule has 0 nitrogen and oxygen atoms in total. The molecule has 0 atom stereocenters. The number of allylic oxidation sites excluding steroid dienone is 2. The maximum absolute atomic E-state index is 5.81. The Labute approximate surface area is 62.9 Å². The highest BCUT2D eigenvalue weighted by Crippen LogP contribution is 2.20. The van der Waals surface area contributed by atoms with Gasteiger partial charge in [-0.3, -0.25) is 0 Å². The van der Waals surface area contributed by atoms with Crippen LogP contribution in [-0.4, -0.2) is 0 Å². The third kappa shape index (κ3) is 5.91. The largest absolute Gasteiger partial charge is 0.0895 e. The van der Waals surface area contributed by atoms with E-state index in [1.54, 1.807) is 0 Å².